The molecule has 0 unspecified atom stereocenters. The molecule has 1 atom stereocenters. The van der Waals surface area contributed by atoms with Crippen molar-refractivity contribution in [2.24, 2.45) is 11.5 Å². The summed E-state index contributed by atoms with van der Waals surface area (Å²) in [7, 11) is 0. The second kappa shape index (κ2) is 8.41. The van der Waals surface area contributed by atoms with Crippen molar-refractivity contribution in [3.05, 3.63) is 41.1 Å². The van der Waals surface area contributed by atoms with Gasteiger partial charge in [0.05, 0.1) is 11.2 Å². The van der Waals surface area contributed by atoms with Gasteiger partial charge in [-0.25, -0.2) is 4.98 Å². The first kappa shape index (κ1) is 22.9. The van der Waals surface area contributed by atoms with Crippen LogP contribution in [0, 0.1) is 0 Å². The highest BCUT2D eigenvalue weighted by molar-refractivity contribution is 5.98. The van der Waals surface area contributed by atoms with Crippen LogP contribution in [0.5, 0.6) is 0 Å². The van der Waals surface area contributed by atoms with Gasteiger partial charge in [-0.1, -0.05) is 0 Å². The Bertz CT molecular complexity index is 932. The van der Waals surface area contributed by atoms with Gasteiger partial charge in [0, 0.05) is 31.0 Å². The summed E-state index contributed by atoms with van der Waals surface area (Å²) in [6.45, 7) is 8.07. The van der Waals surface area contributed by atoms with Gasteiger partial charge in [-0.05, 0) is 69.9 Å². The molecule has 9 heteroatoms. The van der Waals surface area contributed by atoms with Gasteiger partial charge in [-0.3, -0.25) is 4.79 Å². The van der Waals surface area contributed by atoms with E-state index < -0.39 is 17.1 Å². The third-order valence-corrected chi connectivity index (χ3v) is 5.39. The fourth-order valence-corrected chi connectivity index (χ4v) is 3.54. The van der Waals surface area contributed by atoms with Crippen molar-refractivity contribution in [1.82, 2.24) is 9.97 Å². The molecule has 31 heavy (non-hydrogen) atoms. The number of anilines is 3. The summed E-state index contributed by atoms with van der Waals surface area (Å²) in [6.07, 6.45) is 3.29. The summed E-state index contributed by atoms with van der Waals surface area (Å²) in [5, 5.41) is 24.2. The third-order valence-electron chi connectivity index (χ3n) is 5.39. The highest BCUT2D eigenvalue weighted by atomic mass is 16.3. The van der Waals surface area contributed by atoms with Crippen LogP contribution in [0.15, 0.2) is 24.4 Å². The average Bonchev–Trinajstić information content (AvgIpc) is 2.66. The van der Waals surface area contributed by atoms with Gasteiger partial charge in [0.15, 0.2) is 0 Å². The van der Waals surface area contributed by atoms with E-state index in [1.807, 2.05) is 4.90 Å². The van der Waals surface area contributed by atoms with Gasteiger partial charge in [-0.2, -0.15) is 4.98 Å². The average molecular weight is 429 g/mol. The number of hydrogen-bond acceptors (Lipinski definition) is 8. The van der Waals surface area contributed by atoms with Gasteiger partial charge >= 0.3 is 0 Å². The second-order valence-electron chi connectivity index (χ2n) is 9.19. The molecule has 2 heterocycles. The van der Waals surface area contributed by atoms with Crippen LogP contribution in [0.25, 0.3) is 0 Å². The van der Waals surface area contributed by atoms with E-state index in [1.54, 1.807) is 45.9 Å². The molecule has 1 aliphatic heterocycles. The molecule has 1 aromatic carbocycles. The van der Waals surface area contributed by atoms with Crippen molar-refractivity contribution in [1.29, 1.82) is 0 Å². The molecule has 0 aliphatic carbocycles. The molecule has 1 saturated heterocycles. The minimum absolute atomic E-state index is 0.0439. The number of aliphatic hydroxyl groups is 2. The number of carbonyl (C=O) groups is 1. The standard InChI is InChI=1S/C22H32N6O3/c1-21(2,30)13-8-14(22(3,4)31)10-16(9-13)26-19-17(18(24)29)11-25-20(27-19)28-7-5-6-15(23)12-28/h8-11,15,30-31H,5-7,12,23H2,1-4H3,(H2,24,29)(H,25,26,27)/t15-/m0/s1. The molecular weight excluding hydrogens is 396 g/mol. The number of hydrogen-bond donors (Lipinski definition) is 5. The molecule has 1 aromatic heterocycles. The first-order chi connectivity index (χ1) is 14.3. The number of rotatable bonds is 6. The van der Waals surface area contributed by atoms with Crippen LogP contribution < -0.4 is 21.7 Å². The normalized spacial score (nSPS) is 17.5. The Morgan fingerprint density at radius 2 is 1.77 bits per heavy atom. The van der Waals surface area contributed by atoms with E-state index in [2.05, 4.69) is 15.3 Å². The minimum atomic E-state index is -1.13. The van der Waals surface area contributed by atoms with Crippen LogP contribution in [0.1, 0.15) is 62.0 Å². The Hall–Kier alpha value is -2.75. The first-order valence-electron chi connectivity index (χ1n) is 10.4. The zero-order valence-corrected chi connectivity index (χ0v) is 18.5. The van der Waals surface area contributed by atoms with Gasteiger partial charge in [0.1, 0.15) is 11.4 Å². The number of nitrogens with two attached hydrogens (primary N) is 2. The Morgan fingerprint density at radius 3 is 2.29 bits per heavy atom. The Balaban J connectivity index is 2.04. The highest BCUT2D eigenvalue weighted by Crippen LogP contribution is 2.32. The molecule has 2 aromatic rings. The zero-order chi connectivity index (χ0) is 23.0. The number of benzene rings is 1. The van der Waals surface area contributed by atoms with Gasteiger partial charge in [-0.15, -0.1) is 0 Å². The molecule has 0 radical (unpaired) electrons. The molecule has 0 saturated carbocycles. The SMILES string of the molecule is CC(C)(O)c1cc(Nc2nc(N3CCC[C@H](N)C3)ncc2C(N)=O)cc(C(C)(C)O)c1. The minimum Gasteiger partial charge on any atom is -0.386 e. The van der Waals surface area contributed by atoms with Crippen molar-refractivity contribution in [2.45, 2.75) is 57.8 Å². The predicted molar refractivity (Wildman–Crippen MR) is 120 cm³/mol. The first-order valence-corrected chi connectivity index (χ1v) is 10.4. The number of piperidine rings is 1. The molecule has 7 N–H and O–H groups in total. The number of carbonyl (C=O) groups excluding carboxylic acids is 1. The van der Waals surface area contributed by atoms with E-state index in [0.29, 0.717) is 29.3 Å². The summed E-state index contributed by atoms with van der Waals surface area (Å²) >= 11 is 0. The monoisotopic (exact) mass is 428 g/mol. The van der Waals surface area contributed by atoms with E-state index in [0.717, 1.165) is 19.4 Å². The van der Waals surface area contributed by atoms with Gasteiger partial charge < -0.3 is 31.9 Å². The Morgan fingerprint density at radius 1 is 1.16 bits per heavy atom. The molecule has 0 bridgehead atoms. The van der Waals surface area contributed by atoms with Crippen molar-refractivity contribution in [3.63, 3.8) is 0 Å². The van der Waals surface area contributed by atoms with Crippen LogP contribution in [-0.2, 0) is 11.2 Å². The van der Waals surface area contributed by atoms with Crippen LogP contribution >= 0.6 is 0 Å². The zero-order valence-electron chi connectivity index (χ0n) is 18.5. The van der Waals surface area contributed by atoms with Crippen LogP contribution in [0.2, 0.25) is 0 Å². The van der Waals surface area contributed by atoms with Gasteiger partial charge in [0.25, 0.3) is 5.91 Å². The summed E-state index contributed by atoms with van der Waals surface area (Å²) < 4.78 is 0. The van der Waals surface area contributed by atoms with E-state index in [4.69, 9.17) is 11.5 Å². The maximum Gasteiger partial charge on any atom is 0.254 e. The third kappa shape index (κ3) is 5.49. The lowest BCUT2D eigenvalue weighted by atomic mass is 9.90. The molecular formula is C22H32N6O3. The van der Waals surface area contributed by atoms with E-state index in [9.17, 15) is 15.0 Å². The maximum absolute atomic E-state index is 12.0. The van der Waals surface area contributed by atoms with E-state index in [1.165, 1.54) is 6.20 Å². The van der Waals surface area contributed by atoms with Gasteiger partial charge in [0.2, 0.25) is 5.95 Å². The van der Waals surface area contributed by atoms with Crippen LogP contribution in [0.4, 0.5) is 17.5 Å². The molecule has 9 nitrogen and oxygen atoms in total. The summed E-state index contributed by atoms with van der Waals surface area (Å²) in [6, 6.07) is 5.29. The molecule has 3 rings (SSSR count). The fourth-order valence-electron chi connectivity index (χ4n) is 3.54. The maximum atomic E-state index is 12.0. The van der Waals surface area contributed by atoms with E-state index in [-0.39, 0.29) is 17.4 Å². The quantitative estimate of drug-likeness (QED) is 0.466. The summed E-state index contributed by atoms with van der Waals surface area (Å²) in [4.78, 5) is 22.8. The second-order valence-corrected chi connectivity index (χ2v) is 9.19. The molecule has 0 spiro atoms. The number of nitrogens with one attached hydrogen (secondary N) is 1. The van der Waals surface area contributed by atoms with Crippen LogP contribution in [0.3, 0.4) is 0 Å². The Labute approximate surface area is 182 Å². The molecule has 1 aliphatic rings. The molecule has 1 amide bonds. The lowest BCUT2D eigenvalue weighted by molar-refractivity contribution is 0.0719. The number of aromatic nitrogens is 2. The van der Waals surface area contributed by atoms with Crippen molar-refractivity contribution < 1.29 is 15.0 Å². The highest BCUT2D eigenvalue weighted by Gasteiger charge is 2.25. The largest absolute Gasteiger partial charge is 0.386 e. The fraction of sp³-hybridized carbons (Fsp3) is 0.500. The molecule has 168 valence electrons. The van der Waals surface area contributed by atoms with Crippen molar-refractivity contribution >= 4 is 23.4 Å². The lowest BCUT2D eigenvalue weighted by Crippen LogP contribution is -2.43. The number of primary amides is 1. The number of amides is 1. The smallest absolute Gasteiger partial charge is 0.254 e. The van der Waals surface area contributed by atoms with Crippen molar-refractivity contribution in [3.8, 4) is 0 Å². The van der Waals surface area contributed by atoms with E-state index >= 15 is 0 Å². The van der Waals surface area contributed by atoms with Crippen molar-refractivity contribution in [2.75, 3.05) is 23.3 Å². The molecule has 1 fully saturated rings. The Kier molecular flexibility index (Phi) is 6.22. The predicted octanol–water partition coefficient (Wildman–Crippen LogP) is 1.70. The lowest BCUT2D eigenvalue weighted by Gasteiger charge is -2.31. The topological polar surface area (TPSA) is 151 Å². The summed E-state index contributed by atoms with van der Waals surface area (Å²) in [5.41, 5.74) is 11.3. The number of nitrogens with zero attached hydrogens (tertiary/aromatic N) is 3. The summed E-state index contributed by atoms with van der Waals surface area (Å²) in [5.74, 6) is 0.0565. The van der Waals surface area contributed by atoms with Crippen LogP contribution in [-0.4, -0.2) is 45.2 Å².